The van der Waals surface area contributed by atoms with Gasteiger partial charge in [0.1, 0.15) is 0 Å². The zero-order chi connectivity index (χ0) is 20.9. The maximum atomic E-state index is 12.6. The number of Topliss-reactive ketones (excluding diaryl/α,β-unsaturated/α-hetero) is 1. The van der Waals surface area contributed by atoms with Crippen LogP contribution in [0.5, 0.6) is 11.5 Å². The Balaban J connectivity index is 1.45. The number of para-hydroxylation sites is 1. The third kappa shape index (κ3) is 4.39. The van der Waals surface area contributed by atoms with Gasteiger partial charge in [0, 0.05) is 16.1 Å². The molecule has 0 aromatic heterocycles. The average molecular weight is 417 g/mol. The molecule has 6 heteroatoms. The summed E-state index contributed by atoms with van der Waals surface area (Å²) in [6, 6.07) is 22.1. The van der Waals surface area contributed by atoms with Gasteiger partial charge in [-0.1, -0.05) is 48.2 Å². The molecule has 0 radical (unpaired) electrons. The highest BCUT2D eigenvalue weighted by atomic mass is 32.2. The standard InChI is InChI=1S/C24H19NO4S/c1-28-20-13-16(14-22-24(27)18-9-5-6-10-21(18)30-22)11-12-19(20)29-15-23(26)25-17-7-3-2-4-8-17/h2-14H,15H2,1H3,(H,25,26)/b22-14+. The summed E-state index contributed by atoms with van der Waals surface area (Å²) >= 11 is 1.46. The molecule has 4 rings (SSSR count). The Labute approximate surface area is 178 Å². The second-order valence-corrected chi connectivity index (χ2v) is 7.63. The van der Waals surface area contributed by atoms with Gasteiger partial charge in [0.05, 0.1) is 12.0 Å². The summed E-state index contributed by atoms with van der Waals surface area (Å²) in [5.74, 6) is 0.703. The Morgan fingerprint density at radius 1 is 1.00 bits per heavy atom. The van der Waals surface area contributed by atoms with Crippen molar-refractivity contribution in [2.24, 2.45) is 0 Å². The molecule has 0 bridgehead atoms. The van der Waals surface area contributed by atoms with Crippen LogP contribution in [0.3, 0.4) is 0 Å². The molecule has 3 aromatic rings. The molecule has 1 N–H and O–H groups in total. The number of nitrogens with one attached hydrogen (secondary N) is 1. The van der Waals surface area contributed by atoms with Crippen molar-refractivity contribution in [3.8, 4) is 11.5 Å². The van der Waals surface area contributed by atoms with Crippen molar-refractivity contribution in [3.05, 3.63) is 88.8 Å². The molecule has 0 unspecified atom stereocenters. The number of anilines is 1. The van der Waals surface area contributed by atoms with E-state index < -0.39 is 0 Å². The third-order valence-electron chi connectivity index (χ3n) is 4.48. The van der Waals surface area contributed by atoms with Crippen molar-refractivity contribution in [2.45, 2.75) is 4.90 Å². The van der Waals surface area contributed by atoms with E-state index in [-0.39, 0.29) is 18.3 Å². The van der Waals surface area contributed by atoms with Gasteiger partial charge in [-0.3, -0.25) is 9.59 Å². The average Bonchev–Trinajstić information content (AvgIpc) is 3.09. The van der Waals surface area contributed by atoms with Crippen LogP contribution < -0.4 is 14.8 Å². The number of methoxy groups -OCH3 is 1. The van der Waals surface area contributed by atoms with Crippen molar-refractivity contribution >= 4 is 35.2 Å². The molecule has 3 aromatic carbocycles. The fourth-order valence-corrected chi connectivity index (χ4v) is 4.09. The van der Waals surface area contributed by atoms with E-state index >= 15 is 0 Å². The second kappa shape index (κ2) is 8.88. The summed E-state index contributed by atoms with van der Waals surface area (Å²) < 4.78 is 11.0. The van der Waals surface area contributed by atoms with Gasteiger partial charge >= 0.3 is 0 Å². The molecule has 150 valence electrons. The molecular weight excluding hydrogens is 398 g/mol. The Morgan fingerprint density at radius 3 is 2.53 bits per heavy atom. The van der Waals surface area contributed by atoms with Gasteiger partial charge in [0.2, 0.25) is 5.78 Å². The largest absolute Gasteiger partial charge is 0.493 e. The predicted octanol–water partition coefficient (Wildman–Crippen LogP) is 5.04. The van der Waals surface area contributed by atoms with Crippen molar-refractivity contribution in [2.75, 3.05) is 19.0 Å². The highest BCUT2D eigenvalue weighted by Gasteiger charge is 2.25. The van der Waals surface area contributed by atoms with Gasteiger partial charge in [0.25, 0.3) is 5.91 Å². The molecule has 0 spiro atoms. The normalized spacial score (nSPS) is 13.8. The fraction of sp³-hybridized carbons (Fsp3) is 0.0833. The Kier molecular flexibility index (Phi) is 5.86. The molecule has 1 aliphatic heterocycles. The SMILES string of the molecule is COc1cc(/C=C2/Sc3ccccc3C2=O)ccc1OCC(=O)Nc1ccccc1. The minimum Gasteiger partial charge on any atom is -0.493 e. The Bertz CT molecular complexity index is 1130. The number of rotatable bonds is 6. The molecule has 0 aliphatic carbocycles. The van der Waals surface area contributed by atoms with E-state index in [4.69, 9.17) is 9.47 Å². The topological polar surface area (TPSA) is 64.6 Å². The Hall–Kier alpha value is -3.51. The molecule has 0 atom stereocenters. The van der Waals surface area contributed by atoms with Crippen LogP contribution >= 0.6 is 11.8 Å². The predicted molar refractivity (Wildman–Crippen MR) is 118 cm³/mol. The van der Waals surface area contributed by atoms with Crippen LogP contribution in [0.4, 0.5) is 5.69 Å². The lowest BCUT2D eigenvalue weighted by Gasteiger charge is -2.11. The molecule has 0 fully saturated rings. The van der Waals surface area contributed by atoms with E-state index in [1.807, 2.05) is 54.6 Å². The number of hydrogen-bond acceptors (Lipinski definition) is 5. The van der Waals surface area contributed by atoms with Crippen LogP contribution in [0.15, 0.2) is 82.6 Å². The van der Waals surface area contributed by atoms with Gasteiger partial charge < -0.3 is 14.8 Å². The van der Waals surface area contributed by atoms with E-state index in [9.17, 15) is 9.59 Å². The first kappa shape index (κ1) is 19.8. The molecule has 1 aliphatic rings. The number of allylic oxidation sites excluding steroid dienone is 1. The van der Waals surface area contributed by atoms with Crippen molar-refractivity contribution in [1.82, 2.24) is 0 Å². The molecular formula is C24H19NO4S. The van der Waals surface area contributed by atoms with Crippen LogP contribution in [0.1, 0.15) is 15.9 Å². The van der Waals surface area contributed by atoms with Crippen LogP contribution in [-0.2, 0) is 4.79 Å². The summed E-state index contributed by atoms with van der Waals surface area (Å²) in [4.78, 5) is 26.3. The van der Waals surface area contributed by atoms with E-state index in [1.54, 1.807) is 24.3 Å². The third-order valence-corrected chi connectivity index (χ3v) is 5.58. The number of amides is 1. The van der Waals surface area contributed by atoms with Crippen molar-refractivity contribution in [1.29, 1.82) is 0 Å². The first-order chi connectivity index (χ1) is 14.6. The van der Waals surface area contributed by atoms with Crippen LogP contribution in [0.2, 0.25) is 0 Å². The summed E-state index contributed by atoms with van der Waals surface area (Å²) in [5.41, 5.74) is 2.25. The highest BCUT2D eigenvalue weighted by Crippen LogP contribution is 2.41. The van der Waals surface area contributed by atoms with Gasteiger partial charge in [0.15, 0.2) is 18.1 Å². The van der Waals surface area contributed by atoms with E-state index in [0.717, 1.165) is 16.0 Å². The number of carbonyl (C=O) groups excluding carboxylic acids is 2. The Morgan fingerprint density at radius 2 is 1.77 bits per heavy atom. The first-order valence-electron chi connectivity index (χ1n) is 9.33. The van der Waals surface area contributed by atoms with Gasteiger partial charge in [-0.25, -0.2) is 0 Å². The van der Waals surface area contributed by atoms with E-state index in [2.05, 4.69) is 5.32 Å². The first-order valence-corrected chi connectivity index (χ1v) is 10.1. The minimum absolute atomic E-state index is 0.0208. The van der Waals surface area contributed by atoms with Crippen molar-refractivity contribution < 1.29 is 19.1 Å². The highest BCUT2D eigenvalue weighted by molar-refractivity contribution is 8.04. The quantitative estimate of drug-likeness (QED) is 0.569. The number of thioether (sulfide) groups is 1. The van der Waals surface area contributed by atoms with Crippen LogP contribution in [0.25, 0.3) is 6.08 Å². The number of hydrogen-bond donors (Lipinski definition) is 1. The van der Waals surface area contributed by atoms with Crippen LogP contribution in [0, 0.1) is 0 Å². The van der Waals surface area contributed by atoms with Crippen LogP contribution in [-0.4, -0.2) is 25.4 Å². The molecule has 0 saturated carbocycles. The van der Waals surface area contributed by atoms with Crippen molar-refractivity contribution in [3.63, 3.8) is 0 Å². The number of carbonyl (C=O) groups is 2. The summed E-state index contributed by atoms with van der Waals surface area (Å²) in [5, 5.41) is 2.77. The number of benzene rings is 3. The maximum absolute atomic E-state index is 12.6. The minimum atomic E-state index is -0.264. The molecule has 0 saturated heterocycles. The van der Waals surface area contributed by atoms with E-state index in [1.165, 1.54) is 18.9 Å². The van der Waals surface area contributed by atoms with E-state index in [0.29, 0.717) is 22.1 Å². The fourth-order valence-electron chi connectivity index (χ4n) is 3.04. The monoisotopic (exact) mass is 417 g/mol. The zero-order valence-electron chi connectivity index (χ0n) is 16.3. The second-order valence-electron chi connectivity index (χ2n) is 6.55. The zero-order valence-corrected chi connectivity index (χ0v) is 17.1. The smallest absolute Gasteiger partial charge is 0.262 e. The summed E-state index contributed by atoms with van der Waals surface area (Å²) in [6.07, 6.45) is 1.83. The summed E-state index contributed by atoms with van der Waals surface area (Å²) in [6.45, 7) is -0.144. The lowest BCUT2D eigenvalue weighted by molar-refractivity contribution is -0.118. The van der Waals surface area contributed by atoms with Gasteiger partial charge in [-0.2, -0.15) is 0 Å². The lowest BCUT2D eigenvalue weighted by Crippen LogP contribution is -2.20. The lowest BCUT2D eigenvalue weighted by atomic mass is 10.1. The molecule has 1 heterocycles. The summed E-state index contributed by atoms with van der Waals surface area (Å²) in [7, 11) is 1.54. The van der Waals surface area contributed by atoms with Gasteiger partial charge in [-0.05, 0) is 48.0 Å². The molecule has 5 nitrogen and oxygen atoms in total. The number of ether oxygens (including phenoxy) is 2. The number of fused-ring (bicyclic) bond motifs is 1. The maximum Gasteiger partial charge on any atom is 0.262 e. The molecule has 30 heavy (non-hydrogen) atoms. The molecule has 1 amide bonds. The van der Waals surface area contributed by atoms with Gasteiger partial charge in [-0.15, -0.1) is 0 Å². The number of ketones is 1.